The molecule has 0 bridgehead atoms. The topological polar surface area (TPSA) is 0 Å². The summed E-state index contributed by atoms with van der Waals surface area (Å²) in [5, 5.41) is 0. The van der Waals surface area contributed by atoms with Crippen LogP contribution in [0.5, 0.6) is 0 Å². The molecule has 0 heterocycles. The van der Waals surface area contributed by atoms with Crippen LogP contribution in [-0.2, 0) is 29.2 Å². The molecule has 0 nitrogen and oxygen atoms in total. The number of hydrogen-bond acceptors (Lipinski definition) is 0. The predicted octanol–water partition coefficient (Wildman–Crippen LogP) is 8.58. The van der Waals surface area contributed by atoms with Gasteiger partial charge < -0.3 is 0 Å². The molecule has 3 aromatic carbocycles. The zero-order valence-corrected chi connectivity index (χ0v) is 29.3. The van der Waals surface area contributed by atoms with E-state index in [2.05, 4.69) is 199 Å². The summed E-state index contributed by atoms with van der Waals surface area (Å²) in [6.45, 7) is 18.6. The quantitative estimate of drug-likeness (QED) is 0.204. The summed E-state index contributed by atoms with van der Waals surface area (Å²) < 4.78 is 0.381. The Morgan fingerprint density at radius 1 is 0.500 bits per heavy atom. The standard InChI is InChI=1S/C38H50.4Li/c1-29(12-16-31-20-24-35(25-21-31)37(3,4)5)14-18-33-10-9-11-34(28-33)19-15-30(2)13-17-32-22-26-36(27-23-32)38(6,7)8;;;;/h9-11,20-30H,12-15,18-19H2,1-8H3;;;;. The van der Waals surface area contributed by atoms with E-state index in [0.717, 1.165) is 0 Å². The summed E-state index contributed by atoms with van der Waals surface area (Å²) in [5.41, 5.74) is 9.16. The molecule has 3 rings (SSSR count). The van der Waals surface area contributed by atoms with Crippen LogP contribution in [0.2, 0.25) is 0 Å². The van der Waals surface area contributed by atoms with E-state index >= 15 is 0 Å². The Kier molecular flexibility index (Phi) is 13.1. The molecule has 0 saturated heterocycles. The Morgan fingerprint density at radius 2 is 0.810 bits per heavy atom. The number of rotatable bonds is 12. The van der Waals surface area contributed by atoms with Gasteiger partial charge in [0.05, 0.1) is 0 Å². The molecule has 0 saturated carbocycles. The summed E-state index contributed by atoms with van der Waals surface area (Å²) in [7, 11) is 0. The summed E-state index contributed by atoms with van der Waals surface area (Å²) in [6, 6.07) is 28.2. The molecule has 0 spiro atoms. The second-order valence-electron chi connectivity index (χ2n) is 16.9. The number of aryl methyl sites for hydroxylation is 2. The van der Waals surface area contributed by atoms with E-state index in [0.29, 0.717) is 11.8 Å². The molecular weight excluding hydrogens is 484 g/mol. The van der Waals surface area contributed by atoms with Crippen molar-refractivity contribution in [2.45, 2.75) is 110 Å². The van der Waals surface area contributed by atoms with E-state index < -0.39 is 0 Å². The third kappa shape index (κ3) is 11.1. The van der Waals surface area contributed by atoms with Gasteiger partial charge in [0.25, 0.3) is 0 Å². The first-order valence-electron chi connectivity index (χ1n) is 16.7. The van der Waals surface area contributed by atoms with Gasteiger partial charge in [0.2, 0.25) is 0 Å². The molecule has 0 N–H and O–H groups in total. The first kappa shape index (κ1) is 36.5. The molecule has 0 fully saturated rings. The Balaban J connectivity index is 1.50. The molecular formula is C38H50Li4. The molecule has 4 heteroatoms. The Hall–Kier alpha value is 0.0496. The minimum atomic E-state index is 0.191. The van der Waals surface area contributed by atoms with Gasteiger partial charge in [-0.05, 0) is 0 Å². The van der Waals surface area contributed by atoms with Crippen LogP contribution >= 0.6 is 0 Å². The van der Waals surface area contributed by atoms with Crippen LogP contribution in [0.4, 0.5) is 0 Å². The maximum atomic E-state index is 2.48. The van der Waals surface area contributed by atoms with Gasteiger partial charge in [0, 0.05) is 0 Å². The van der Waals surface area contributed by atoms with Crippen molar-refractivity contribution in [1.82, 2.24) is 0 Å². The van der Waals surface area contributed by atoms with Gasteiger partial charge in [0.1, 0.15) is 0 Å². The second kappa shape index (κ2) is 15.1. The molecule has 0 radical (unpaired) electrons. The summed E-state index contributed by atoms with van der Waals surface area (Å²) in [6.07, 6.45) is 7.25. The van der Waals surface area contributed by atoms with Crippen LogP contribution in [0.25, 0.3) is 0 Å². The fourth-order valence-electron chi connectivity index (χ4n) is 6.79. The van der Waals surface area contributed by atoms with Crippen molar-refractivity contribution in [3.63, 3.8) is 0 Å². The van der Waals surface area contributed by atoms with Crippen molar-refractivity contribution in [1.29, 1.82) is 0 Å². The van der Waals surface area contributed by atoms with Crippen molar-refractivity contribution >= 4 is 70.9 Å². The molecule has 0 aliphatic rings. The van der Waals surface area contributed by atoms with E-state index in [1.165, 1.54) is 71.9 Å². The van der Waals surface area contributed by atoms with Crippen LogP contribution in [0.3, 0.4) is 0 Å². The van der Waals surface area contributed by atoms with Crippen LogP contribution in [0.15, 0.2) is 72.8 Å². The van der Waals surface area contributed by atoms with E-state index in [1.807, 2.05) is 0 Å². The fourth-order valence-corrected chi connectivity index (χ4v) is 6.79. The van der Waals surface area contributed by atoms with Gasteiger partial charge in [-0.2, -0.15) is 0 Å². The molecule has 0 aliphatic heterocycles. The third-order valence-electron chi connectivity index (χ3n) is 9.63. The molecule has 2 unspecified atom stereocenters. The van der Waals surface area contributed by atoms with E-state index in [9.17, 15) is 0 Å². The van der Waals surface area contributed by atoms with Crippen molar-refractivity contribution in [3.8, 4) is 0 Å². The fraction of sp³-hybridized carbons (Fsp3) is 0.526. The maximum absolute atomic E-state index is 2.48. The molecule has 2 atom stereocenters. The zero-order valence-electron chi connectivity index (χ0n) is 29.3. The van der Waals surface area contributed by atoms with E-state index in [1.54, 1.807) is 0 Å². The van der Waals surface area contributed by atoms with Crippen LogP contribution in [0, 0.1) is 11.8 Å². The number of hydrogen-bond donors (Lipinski definition) is 0. The predicted molar refractivity (Wildman–Crippen MR) is 187 cm³/mol. The summed E-state index contributed by atoms with van der Waals surface area (Å²) in [5.74, 6) is 1.37. The molecule has 3 aromatic rings. The van der Waals surface area contributed by atoms with Gasteiger partial charge in [-0.15, -0.1) is 0 Å². The molecule has 0 aliphatic carbocycles. The SMILES string of the molecule is [Li][C]([Li])(CC(C)CCc1cccc(CCC(C)C[C]([Li])([Li])c2ccc(C(C)(C)C)cc2)c1)c1ccc(C(C)(C)C)cc1. The van der Waals surface area contributed by atoms with E-state index in [4.69, 9.17) is 0 Å². The van der Waals surface area contributed by atoms with E-state index in [-0.39, 0.29) is 16.4 Å². The van der Waals surface area contributed by atoms with Crippen molar-refractivity contribution in [2.24, 2.45) is 11.8 Å². The average molecular weight is 535 g/mol. The van der Waals surface area contributed by atoms with Gasteiger partial charge in [-0.3, -0.25) is 0 Å². The first-order valence-corrected chi connectivity index (χ1v) is 16.7. The van der Waals surface area contributed by atoms with Crippen molar-refractivity contribution in [2.75, 3.05) is 0 Å². The van der Waals surface area contributed by atoms with Gasteiger partial charge >= 0.3 is 299 Å². The monoisotopic (exact) mass is 534 g/mol. The van der Waals surface area contributed by atoms with Gasteiger partial charge in [0.15, 0.2) is 0 Å². The normalized spacial score (nSPS) is 14.7. The molecule has 0 amide bonds. The average Bonchev–Trinajstić information content (AvgIpc) is 2.90. The molecule has 206 valence electrons. The zero-order chi connectivity index (χ0) is 31.3. The third-order valence-corrected chi connectivity index (χ3v) is 9.63. The van der Waals surface area contributed by atoms with Gasteiger partial charge in [-0.25, -0.2) is 0 Å². The summed E-state index contributed by atoms with van der Waals surface area (Å²) >= 11 is 9.67. The van der Waals surface area contributed by atoms with Crippen molar-refractivity contribution in [3.05, 3.63) is 106 Å². The second-order valence-corrected chi connectivity index (χ2v) is 16.9. The first-order chi connectivity index (χ1) is 19.4. The van der Waals surface area contributed by atoms with Crippen LogP contribution in [0.1, 0.15) is 114 Å². The minimum absolute atomic E-state index is 0.191. The Labute approximate surface area is 296 Å². The van der Waals surface area contributed by atoms with Crippen LogP contribution < -0.4 is 0 Å². The van der Waals surface area contributed by atoms with Crippen LogP contribution in [-0.4, -0.2) is 70.9 Å². The number of benzene rings is 3. The molecule has 0 aromatic heterocycles. The van der Waals surface area contributed by atoms with Crippen molar-refractivity contribution < 1.29 is 0 Å². The Bertz CT molecular complexity index is 1160. The summed E-state index contributed by atoms with van der Waals surface area (Å²) in [4.78, 5) is 0. The Morgan fingerprint density at radius 3 is 1.12 bits per heavy atom. The van der Waals surface area contributed by atoms with Gasteiger partial charge in [-0.1, -0.05) is 0 Å². The molecule has 42 heavy (non-hydrogen) atoms.